The first-order chi connectivity index (χ1) is 10.7. The molecule has 0 bridgehead atoms. The van der Waals surface area contributed by atoms with Crippen molar-refractivity contribution in [2.75, 3.05) is 30.4 Å². The number of benzene rings is 1. The van der Waals surface area contributed by atoms with E-state index in [4.69, 9.17) is 11.6 Å². The number of hydrogen-bond donors (Lipinski definition) is 1. The average Bonchev–Trinajstić information content (AvgIpc) is 2.53. The van der Waals surface area contributed by atoms with Crippen molar-refractivity contribution in [3.63, 3.8) is 0 Å². The van der Waals surface area contributed by atoms with E-state index in [2.05, 4.69) is 38.4 Å². The number of halogens is 1. The summed E-state index contributed by atoms with van der Waals surface area (Å²) in [6.45, 7) is 3.89. The molecule has 0 fully saturated rings. The maximum absolute atomic E-state index is 5.98. The van der Waals surface area contributed by atoms with Crippen LogP contribution in [0.25, 0.3) is 0 Å². The lowest BCUT2D eigenvalue weighted by Crippen LogP contribution is -2.21. The lowest BCUT2D eigenvalue weighted by molar-refractivity contribution is 0.753. The molecule has 1 aromatic carbocycles. The Morgan fingerprint density at radius 3 is 2.95 bits per heavy atom. The monoisotopic (exact) mass is 319 g/mol. The standard InChI is InChI=1S/C16H22ClN5/c1-3-4-10-22(2)15-12-19-21-16(20-15)18-9-8-13-6-5-7-14(17)11-13/h5-7,11-12H,3-4,8-10H2,1-2H3,(H,18,20,21). The first-order valence-electron chi connectivity index (χ1n) is 7.58. The van der Waals surface area contributed by atoms with E-state index in [0.717, 1.165) is 43.2 Å². The number of hydrogen-bond acceptors (Lipinski definition) is 5. The van der Waals surface area contributed by atoms with Gasteiger partial charge in [-0.2, -0.15) is 10.1 Å². The Kier molecular flexibility index (Phi) is 6.40. The van der Waals surface area contributed by atoms with Crippen molar-refractivity contribution in [1.29, 1.82) is 0 Å². The van der Waals surface area contributed by atoms with Crippen LogP contribution in [0.15, 0.2) is 30.5 Å². The number of anilines is 2. The number of nitrogens with one attached hydrogen (secondary N) is 1. The zero-order valence-electron chi connectivity index (χ0n) is 13.1. The second-order valence-electron chi connectivity index (χ2n) is 5.22. The molecule has 1 heterocycles. The number of aromatic nitrogens is 3. The predicted octanol–water partition coefficient (Wildman–Crippen LogP) is 3.42. The van der Waals surface area contributed by atoms with Crippen LogP contribution in [0.4, 0.5) is 11.8 Å². The molecule has 2 rings (SSSR count). The first-order valence-corrected chi connectivity index (χ1v) is 7.96. The molecule has 0 atom stereocenters. The van der Waals surface area contributed by atoms with Crippen molar-refractivity contribution in [1.82, 2.24) is 15.2 Å². The maximum Gasteiger partial charge on any atom is 0.244 e. The fourth-order valence-corrected chi connectivity index (χ4v) is 2.29. The summed E-state index contributed by atoms with van der Waals surface area (Å²) in [5.74, 6) is 1.40. The van der Waals surface area contributed by atoms with E-state index in [0.29, 0.717) is 5.95 Å². The summed E-state index contributed by atoms with van der Waals surface area (Å²) < 4.78 is 0. The summed E-state index contributed by atoms with van der Waals surface area (Å²) >= 11 is 5.98. The van der Waals surface area contributed by atoms with Gasteiger partial charge >= 0.3 is 0 Å². The summed E-state index contributed by atoms with van der Waals surface area (Å²) in [6.07, 6.45) is 4.85. The number of nitrogens with zero attached hydrogens (tertiary/aromatic N) is 4. The fourth-order valence-electron chi connectivity index (χ4n) is 2.07. The molecule has 0 aliphatic rings. The first kappa shape index (κ1) is 16.5. The molecule has 6 heteroatoms. The molecule has 0 radical (unpaired) electrons. The minimum atomic E-state index is 0.558. The average molecular weight is 320 g/mol. The van der Waals surface area contributed by atoms with Gasteiger partial charge in [-0.05, 0) is 30.5 Å². The van der Waals surface area contributed by atoms with Crippen molar-refractivity contribution in [3.05, 3.63) is 41.0 Å². The zero-order chi connectivity index (χ0) is 15.8. The quantitative estimate of drug-likeness (QED) is 0.808. The third-order valence-corrected chi connectivity index (χ3v) is 3.61. The zero-order valence-corrected chi connectivity index (χ0v) is 13.8. The highest BCUT2D eigenvalue weighted by atomic mass is 35.5. The molecule has 0 amide bonds. The van der Waals surface area contributed by atoms with Gasteiger partial charge < -0.3 is 10.2 Å². The van der Waals surface area contributed by atoms with Gasteiger partial charge in [-0.15, -0.1) is 5.10 Å². The van der Waals surface area contributed by atoms with Gasteiger partial charge in [-0.25, -0.2) is 0 Å². The number of unbranched alkanes of at least 4 members (excludes halogenated alkanes) is 1. The Morgan fingerprint density at radius 1 is 1.32 bits per heavy atom. The van der Waals surface area contributed by atoms with Crippen molar-refractivity contribution < 1.29 is 0 Å². The minimum Gasteiger partial charge on any atom is -0.358 e. The predicted molar refractivity (Wildman–Crippen MR) is 91.7 cm³/mol. The molecule has 1 N–H and O–H groups in total. The van der Waals surface area contributed by atoms with Crippen LogP contribution in [-0.2, 0) is 6.42 Å². The highest BCUT2D eigenvalue weighted by Gasteiger charge is 2.05. The van der Waals surface area contributed by atoms with Crippen LogP contribution in [0.1, 0.15) is 25.3 Å². The molecule has 0 saturated heterocycles. The van der Waals surface area contributed by atoms with Crippen LogP contribution in [0.2, 0.25) is 5.02 Å². The van der Waals surface area contributed by atoms with Crippen LogP contribution < -0.4 is 10.2 Å². The van der Waals surface area contributed by atoms with Gasteiger partial charge in [0.15, 0.2) is 5.82 Å². The van der Waals surface area contributed by atoms with Gasteiger partial charge in [-0.1, -0.05) is 37.1 Å². The molecule has 118 valence electrons. The van der Waals surface area contributed by atoms with Crippen LogP contribution in [0.5, 0.6) is 0 Å². The Labute approximate surface area is 136 Å². The van der Waals surface area contributed by atoms with E-state index in [1.165, 1.54) is 5.56 Å². The molecule has 0 unspecified atom stereocenters. The van der Waals surface area contributed by atoms with Crippen molar-refractivity contribution in [2.45, 2.75) is 26.2 Å². The summed E-state index contributed by atoms with van der Waals surface area (Å²) in [4.78, 5) is 6.59. The summed E-state index contributed by atoms with van der Waals surface area (Å²) in [6, 6.07) is 7.86. The summed E-state index contributed by atoms with van der Waals surface area (Å²) in [7, 11) is 2.02. The lowest BCUT2D eigenvalue weighted by Gasteiger charge is -2.17. The Bertz CT molecular complexity index is 590. The van der Waals surface area contributed by atoms with E-state index in [9.17, 15) is 0 Å². The second kappa shape index (κ2) is 8.54. The van der Waals surface area contributed by atoms with Gasteiger partial charge in [0, 0.05) is 25.2 Å². The molecule has 0 aliphatic heterocycles. The van der Waals surface area contributed by atoms with E-state index >= 15 is 0 Å². The highest BCUT2D eigenvalue weighted by Crippen LogP contribution is 2.12. The van der Waals surface area contributed by atoms with Gasteiger partial charge in [0.25, 0.3) is 0 Å². The van der Waals surface area contributed by atoms with E-state index < -0.39 is 0 Å². The second-order valence-corrected chi connectivity index (χ2v) is 5.66. The Balaban J connectivity index is 1.87. The molecule has 0 saturated carbocycles. The maximum atomic E-state index is 5.98. The molecule has 1 aromatic heterocycles. The van der Waals surface area contributed by atoms with Crippen molar-refractivity contribution in [3.8, 4) is 0 Å². The summed E-state index contributed by atoms with van der Waals surface area (Å²) in [5, 5.41) is 12.0. The van der Waals surface area contributed by atoms with Crippen LogP contribution in [-0.4, -0.2) is 35.3 Å². The van der Waals surface area contributed by atoms with Crippen LogP contribution >= 0.6 is 11.6 Å². The van der Waals surface area contributed by atoms with E-state index in [1.807, 2.05) is 25.2 Å². The van der Waals surface area contributed by atoms with Crippen molar-refractivity contribution in [2.24, 2.45) is 0 Å². The third kappa shape index (κ3) is 5.15. The van der Waals surface area contributed by atoms with Crippen LogP contribution in [0.3, 0.4) is 0 Å². The summed E-state index contributed by atoms with van der Waals surface area (Å²) in [5.41, 5.74) is 1.18. The molecular weight excluding hydrogens is 298 g/mol. The molecule has 5 nitrogen and oxygen atoms in total. The third-order valence-electron chi connectivity index (χ3n) is 3.37. The van der Waals surface area contributed by atoms with E-state index in [-0.39, 0.29) is 0 Å². The number of rotatable bonds is 8. The van der Waals surface area contributed by atoms with Gasteiger partial charge in [0.05, 0.1) is 6.20 Å². The largest absolute Gasteiger partial charge is 0.358 e. The van der Waals surface area contributed by atoms with Crippen molar-refractivity contribution >= 4 is 23.4 Å². The topological polar surface area (TPSA) is 53.9 Å². The molecule has 0 aliphatic carbocycles. The lowest BCUT2D eigenvalue weighted by atomic mass is 10.1. The SMILES string of the molecule is CCCCN(C)c1cnnc(NCCc2cccc(Cl)c2)n1. The minimum absolute atomic E-state index is 0.558. The Morgan fingerprint density at radius 2 is 2.18 bits per heavy atom. The smallest absolute Gasteiger partial charge is 0.244 e. The fraction of sp³-hybridized carbons (Fsp3) is 0.438. The van der Waals surface area contributed by atoms with Gasteiger partial charge in [-0.3, -0.25) is 0 Å². The molecule has 2 aromatic rings. The van der Waals surface area contributed by atoms with Gasteiger partial charge in [0.1, 0.15) is 0 Å². The highest BCUT2D eigenvalue weighted by molar-refractivity contribution is 6.30. The molecule has 22 heavy (non-hydrogen) atoms. The normalized spacial score (nSPS) is 10.5. The van der Waals surface area contributed by atoms with E-state index in [1.54, 1.807) is 6.20 Å². The Hall–Kier alpha value is -1.88. The van der Waals surface area contributed by atoms with Gasteiger partial charge in [0.2, 0.25) is 5.95 Å². The molecule has 0 spiro atoms. The molecular formula is C16H22ClN5. The van der Waals surface area contributed by atoms with Crippen LogP contribution in [0, 0.1) is 0 Å².